The highest BCUT2D eigenvalue weighted by molar-refractivity contribution is 7.92. The van der Waals surface area contributed by atoms with Crippen molar-refractivity contribution in [3.8, 4) is 0 Å². The Bertz CT molecular complexity index is 1240. The van der Waals surface area contributed by atoms with Crippen molar-refractivity contribution in [3.05, 3.63) is 70.8 Å². The van der Waals surface area contributed by atoms with Crippen molar-refractivity contribution in [2.24, 2.45) is 5.73 Å². The van der Waals surface area contributed by atoms with E-state index in [0.717, 1.165) is 43.0 Å². The molecule has 1 aliphatic rings. The lowest BCUT2D eigenvalue weighted by Crippen LogP contribution is -2.55. The quantitative estimate of drug-likeness (QED) is 0.221. The van der Waals surface area contributed by atoms with Gasteiger partial charge in [0.2, 0.25) is 5.91 Å². The van der Waals surface area contributed by atoms with Crippen molar-refractivity contribution in [1.29, 1.82) is 0 Å². The van der Waals surface area contributed by atoms with Gasteiger partial charge in [-0.3, -0.25) is 4.79 Å². The van der Waals surface area contributed by atoms with Gasteiger partial charge in [-0.25, -0.2) is 17.2 Å². The summed E-state index contributed by atoms with van der Waals surface area (Å²) in [6, 6.07) is 8.98. The number of amides is 1. The number of aliphatic hydroxyl groups is 1. The maximum Gasteiger partial charge on any atom is 0.238 e. The van der Waals surface area contributed by atoms with Crippen LogP contribution < -0.4 is 16.4 Å². The number of aliphatic hydroxyl groups excluding tert-OH is 1. The molecular formula is C31H45F2N3O4S. The van der Waals surface area contributed by atoms with E-state index in [1.807, 2.05) is 26.0 Å². The Morgan fingerprint density at radius 3 is 2.22 bits per heavy atom. The number of hydrogen-bond donors (Lipinski definition) is 4. The van der Waals surface area contributed by atoms with Crippen LogP contribution in [0.1, 0.15) is 76.0 Å². The number of carbonyl (C=O) groups excluding carboxylic acids is 1. The molecule has 1 amide bonds. The summed E-state index contributed by atoms with van der Waals surface area (Å²) in [5, 5.41) is 16.8. The standard InChI is InChI=1S/C31H45F2N3O4S/c1-4-8-26(9-5-2)41(39,40)20-27(34)30(38)36-28(17-22-15-24(32)18-25(33)16-22)29(37)19-35-31(12-13-31)23-11-7-10-21(6-3)14-23/h7,10-11,14-16,18,26-29,35,37H,4-6,8-9,12-13,17,19-20,34H2,1-3H3,(H,36,38). The first-order valence-corrected chi connectivity index (χ1v) is 16.4. The topological polar surface area (TPSA) is 122 Å². The number of nitrogens with one attached hydrogen (secondary N) is 2. The number of benzene rings is 2. The first-order valence-electron chi connectivity index (χ1n) is 14.7. The molecule has 5 N–H and O–H groups in total. The number of hydrogen-bond acceptors (Lipinski definition) is 6. The molecule has 228 valence electrons. The van der Waals surface area contributed by atoms with Crippen LogP contribution in [0.5, 0.6) is 0 Å². The lowest BCUT2D eigenvalue weighted by Gasteiger charge is -2.28. The maximum absolute atomic E-state index is 13.9. The van der Waals surface area contributed by atoms with E-state index in [2.05, 4.69) is 29.7 Å². The molecule has 0 radical (unpaired) electrons. The Hall–Kier alpha value is -2.40. The Kier molecular flexibility index (Phi) is 11.8. The van der Waals surface area contributed by atoms with Crippen molar-refractivity contribution in [1.82, 2.24) is 10.6 Å². The molecular weight excluding hydrogens is 548 g/mol. The van der Waals surface area contributed by atoms with E-state index < -0.39 is 56.6 Å². The number of sulfone groups is 1. The molecule has 0 saturated heterocycles. The van der Waals surface area contributed by atoms with Gasteiger partial charge in [0.15, 0.2) is 9.84 Å². The van der Waals surface area contributed by atoms with Crippen LogP contribution in [-0.2, 0) is 33.0 Å². The van der Waals surface area contributed by atoms with Crippen molar-refractivity contribution < 1.29 is 27.1 Å². The molecule has 3 atom stereocenters. The third kappa shape index (κ3) is 9.30. The van der Waals surface area contributed by atoms with Crippen molar-refractivity contribution in [3.63, 3.8) is 0 Å². The minimum atomic E-state index is -3.63. The largest absolute Gasteiger partial charge is 0.390 e. The van der Waals surface area contributed by atoms with Gasteiger partial charge in [-0.15, -0.1) is 0 Å². The summed E-state index contributed by atoms with van der Waals surface area (Å²) in [5.41, 5.74) is 8.36. The second-order valence-corrected chi connectivity index (χ2v) is 13.6. The highest BCUT2D eigenvalue weighted by Crippen LogP contribution is 2.45. The molecule has 2 aromatic rings. The van der Waals surface area contributed by atoms with Crippen molar-refractivity contribution >= 4 is 15.7 Å². The molecule has 0 heterocycles. The number of rotatable bonds is 17. The molecule has 41 heavy (non-hydrogen) atoms. The van der Waals surface area contributed by atoms with Crippen LogP contribution in [0.2, 0.25) is 0 Å². The van der Waals surface area contributed by atoms with E-state index in [9.17, 15) is 27.1 Å². The molecule has 1 saturated carbocycles. The zero-order valence-corrected chi connectivity index (χ0v) is 25.2. The van der Waals surface area contributed by atoms with E-state index in [-0.39, 0.29) is 24.1 Å². The Balaban J connectivity index is 1.75. The molecule has 0 aliphatic heterocycles. The van der Waals surface area contributed by atoms with Crippen molar-refractivity contribution in [2.75, 3.05) is 12.3 Å². The molecule has 1 fully saturated rings. The summed E-state index contributed by atoms with van der Waals surface area (Å²) in [4.78, 5) is 13.1. The van der Waals surface area contributed by atoms with E-state index in [0.29, 0.717) is 25.7 Å². The summed E-state index contributed by atoms with van der Waals surface area (Å²) < 4.78 is 53.9. The number of aryl methyl sites for hydroxylation is 1. The summed E-state index contributed by atoms with van der Waals surface area (Å²) in [6.07, 6.45) is 3.83. The van der Waals surface area contributed by atoms with Gasteiger partial charge in [0.05, 0.1) is 29.2 Å². The third-order valence-corrected chi connectivity index (χ3v) is 10.2. The van der Waals surface area contributed by atoms with Gasteiger partial charge in [-0.05, 0) is 67.3 Å². The number of halogens is 2. The average Bonchev–Trinajstić information content (AvgIpc) is 3.71. The summed E-state index contributed by atoms with van der Waals surface area (Å²) in [7, 11) is -3.63. The van der Waals surface area contributed by atoms with E-state index >= 15 is 0 Å². The van der Waals surface area contributed by atoms with Crippen LogP contribution in [0.4, 0.5) is 8.78 Å². The summed E-state index contributed by atoms with van der Waals surface area (Å²) in [5.74, 6) is -2.80. The molecule has 7 nitrogen and oxygen atoms in total. The first-order chi connectivity index (χ1) is 19.4. The number of carbonyl (C=O) groups is 1. The third-order valence-electron chi connectivity index (χ3n) is 7.94. The van der Waals surface area contributed by atoms with Crippen LogP contribution in [0.15, 0.2) is 42.5 Å². The Morgan fingerprint density at radius 1 is 1.02 bits per heavy atom. The van der Waals surface area contributed by atoms with Crippen LogP contribution in [-0.4, -0.2) is 55.2 Å². The smallest absolute Gasteiger partial charge is 0.238 e. The molecule has 3 rings (SSSR count). The predicted molar refractivity (Wildman–Crippen MR) is 158 cm³/mol. The highest BCUT2D eigenvalue weighted by Gasteiger charge is 2.44. The van der Waals surface area contributed by atoms with Crippen molar-refractivity contribution in [2.45, 2.75) is 101 Å². The lowest BCUT2D eigenvalue weighted by atomic mass is 9.98. The maximum atomic E-state index is 13.9. The minimum absolute atomic E-state index is 0.0741. The fraction of sp³-hybridized carbons (Fsp3) is 0.581. The van der Waals surface area contributed by atoms with Crippen LogP contribution in [0.25, 0.3) is 0 Å². The first kappa shape index (κ1) is 33.1. The van der Waals surface area contributed by atoms with Gasteiger partial charge < -0.3 is 21.5 Å². The van der Waals surface area contributed by atoms with Gasteiger partial charge in [0.25, 0.3) is 0 Å². The fourth-order valence-corrected chi connectivity index (χ4v) is 7.50. The second-order valence-electron chi connectivity index (χ2n) is 11.3. The fourth-order valence-electron chi connectivity index (χ4n) is 5.39. The Labute approximate surface area is 243 Å². The van der Waals surface area contributed by atoms with E-state index in [4.69, 9.17) is 5.73 Å². The minimum Gasteiger partial charge on any atom is -0.390 e. The molecule has 0 bridgehead atoms. The number of nitrogens with two attached hydrogens (primary N) is 1. The zero-order valence-electron chi connectivity index (χ0n) is 24.3. The molecule has 3 unspecified atom stereocenters. The Morgan fingerprint density at radius 2 is 1.66 bits per heavy atom. The zero-order chi connectivity index (χ0) is 30.2. The predicted octanol–water partition coefficient (Wildman–Crippen LogP) is 3.91. The summed E-state index contributed by atoms with van der Waals surface area (Å²) >= 11 is 0. The normalized spacial score (nSPS) is 16.8. The monoisotopic (exact) mass is 593 g/mol. The molecule has 2 aromatic carbocycles. The van der Waals surface area contributed by atoms with Gasteiger partial charge in [-0.1, -0.05) is 57.9 Å². The molecule has 10 heteroatoms. The molecule has 1 aliphatic carbocycles. The lowest BCUT2D eigenvalue weighted by molar-refractivity contribution is -0.123. The average molecular weight is 594 g/mol. The van der Waals surface area contributed by atoms with Crippen LogP contribution in [0.3, 0.4) is 0 Å². The van der Waals surface area contributed by atoms with Gasteiger partial charge >= 0.3 is 0 Å². The van der Waals surface area contributed by atoms with Crippen LogP contribution >= 0.6 is 0 Å². The van der Waals surface area contributed by atoms with Gasteiger partial charge in [0, 0.05) is 18.2 Å². The molecule has 0 aromatic heterocycles. The van der Waals surface area contributed by atoms with Gasteiger partial charge in [0.1, 0.15) is 11.6 Å². The van der Waals surface area contributed by atoms with Gasteiger partial charge in [-0.2, -0.15) is 0 Å². The SMILES string of the molecule is CCCC(CCC)S(=O)(=O)CC(N)C(=O)NC(Cc1cc(F)cc(F)c1)C(O)CNC1(c2cccc(CC)c2)CC1. The highest BCUT2D eigenvalue weighted by atomic mass is 32.2. The molecule has 0 spiro atoms. The van der Waals surface area contributed by atoms with E-state index in [1.54, 1.807) is 0 Å². The van der Waals surface area contributed by atoms with Crippen LogP contribution in [0, 0.1) is 11.6 Å². The van der Waals surface area contributed by atoms with E-state index in [1.165, 1.54) is 5.56 Å². The second kappa shape index (κ2) is 14.7. The summed E-state index contributed by atoms with van der Waals surface area (Å²) in [6.45, 7) is 6.00.